The van der Waals surface area contributed by atoms with E-state index in [1.807, 2.05) is 6.20 Å². The van der Waals surface area contributed by atoms with Crippen molar-refractivity contribution in [3.8, 4) is 0 Å². The molecule has 0 amide bonds. The lowest BCUT2D eigenvalue weighted by Crippen LogP contribution is -2.36. The number of rotatable bonds is 5. The van der Waals surface area contributed by atoms with Crippen LogP contribution in [0.3, 0.4) is 0 Å². The van der Waals surface area contributed by atoms with Crippen LogP contribution in [0.25, 0.3) is 0 Å². The topological polar surface area (TPSA) is 28.2 Å². The fraction of sp³-hybridized carbons (Fsp3) is 0.688. The summed E-state index contributed by atoms with van der Waals surface area (Å²) in [6.45, 7) is 11.0. The third-order valence-corrected chi connectivity index (χ3v) is 4.17. The predicted octanol–water partition coefficient (Wildman–Crippen LogP) is 3.83. The van der Waals surface area contributed by atoms with E-state index in [9.17, 15) is 0 Å². The van der Waals surface area contributed by atoms with Crippen LogP contribution in [-0.4, -0.2) is 24.6 Å². The van der Waals surface area contributed by atoms with Gasteiger partial charge in [-0.3, -0.25) is 0 Å². The van der Waals surface area contributed by atoms with Crippen molar-refractivity contribution in [3.63, 3.8) is 0 Å². The van der Waals surface area contributed by atoms with Gasteiger partial charge >= 0.3 is 0 Å². The Hall–Kier alpha value is -0.610. The average molecular weight is 340 g/mol. The Kier molecular flexibility index (Phi) is 5.85. The van der Waals surface area contributed by atoms with Crippen LogP contribution in [0.2, 0.25) is 0 Å². The van der Waals surface area contributed by atoms with Gasteiger partial charge in [0.15, 0.2) is 0 Å². The summed E-state index contributed by atoms with van der Waals surface area (Å²) in [6, 6.07) is 2.20. The maximum absolute atomic E-state index is 4.67. The fourth-order valence-corrected chi connectivity index (χ4v) is 3.14. The molecule has 1 saturated heterocycles. The highest BCUT2D eigenvalue weighted by atomic mass is 79.9. The minimum absolute atomic E-state index is 0.675. The number of nitrogens with one attached hydrogen (secondary N) is 1. The van der Waals surface area contributed by atoms with Crippen LogP contribution in [-0.2, 0) is 6.54 Å². The highest BCUT2D eigenvalue weighted by molar-refractivity contribution is 9.10. The molecule has 0 bridgehead atoms. The lowest BCUT2D eigenvalue weighted by Gasteiger charge is -2.33. The number of piperidine rings is 1. The molecule has 0 spiro atoms. The third-order valence-electron chi connectivity index (χ3n) is 3.73. The molecule has 20 heavy (non-hydrogen) atoms. The molecule has 1 aliphatic heterocycles. The van der Waals surface area contributed by atoms with Crippen molar-refractivity contribution in [2.45, 2.75) is 40.2 Å². The van der Waals surface area contributed by atoms with Gasteiger partial charge in [-0.2, -0.15) is 0 Å². The number of anilines is 1. The molecular formula is C16H26BrN3. The van der Waals surface area contributed by atoms with Gasteiger partial charge < -0.3 is 10.2 Å². The molecule has 0 aliphatic carbocycles. The SMILES string of the molecule is CC(C)CNCc1cc(Br)cnc1N1CCCC(C)C1. The molecule has 2 rings (SSSR count). The Morgan fingerprint density at radius 2 is 2.30 bits per heavy atom. The first-order valence-electron chi connectivity index (χ1n) is 7.66. The molecule has 112 valence electrons. The van der Waals surface area contributed by atoms with E-state index < -0.39 is 0 Å². The maximum Gasteiger partial charge on any atom is 0.133 e. The number of nitrogens with zero attached hydrogens (tertiary/aromatic N) is 2. The Morgan fingerprint density at radius 3 is 3.00 bits per heavy atom. The Balaban J connectivity index is 2.10. The lowest BCUT2D eigenvalue weighted by molar-refractivity contribution is 0.443. The second kappa shape index (κ2) is 7.41. The predicted molar refractivity (Wildman–Crippen MR) is 89.1 cm³/mol. The summed E-state index contributed by atoms with van der Waals surface area (Å²) in [5.41, 5.74) is 1.30. The first kappa shape index (κ1) is 15.8. The zero-order chi connectivity index (χ0) is 14.5. The van der Waals surface area contributed by atoms with Crippen LogP contribution < -0.4 is 10.2 Å². The molecule has 2 heterocycles. The zero-order valence-electron chi connectivity index (χ0n) is 12.8. The van der Waals surface area contributed by atoms with Gasteiger partial charge in [0.25, 0.3) is 0 Å². The van der Waals surface area contributed by atoms with E-state index in [2.05, 4.69) is 58.0 Å². The van der Waals surface area contributed by atoms with E-state index in [4.69, 9.17) is 0 Å². The number of hydrogen-bond acceptors (Lipinski definition) is 3. The van der Waals surface area contributed by atoms with Gasteiger partial charge in [0.2, 0.25) is 0 Å². The minimum atomic E-state index is 0.675. The number of pyridine rings is 1. The first-order chi connectivity index (χ1) is 9.56. The molecule has 1 N–H and O–H groups in total. The summed E-state index contributed by atoms with van der Waals surface area (Å²) in [5, 5.41) is 3.53. The molecule has 1 unspecified atom stereocenters. The first-order valence-corrected chi connectivity index (χ1v) is 8.45. The van der Waals surface area contributed by atoms with Crippen LogP contribution in [0.1, 0.15) is 39.2 Å². The maximum atomic E-state index is 4.67. The molecule has 0 saturated carbocycles. The summed E-state index contributed by atoms with van der Waals surface area (Å²) in [6.07, 6.45) is 4.53. The highest BCUT2D eigenvalue weighted by Crippen LogP contribution is 2.26. The van der Waals surface area contributed by atoms with Crippen molar-refractivity contribution in [1.82, 2.24) is 10.3 Å². The van der Waals surface area contributed by atoms with Crippen molar-refractivity contribution >= 4 is 21.7 Å². The van der Waals surface area contributed by atoms with Crippen LogP contribution in [0, 0.1) is 11.8 Å². The zero-order valence-corrected chi connectivity index (χ0v) is 14.4. The van der Waals surface area contributed by atoms with Gasteiger partial charge in [0.05, 0.1) is 0 Å². The number of halogens is 1. The average Bonchev–Trinajstić information content (AvgIpc) is 2.38. The quantitative estimate of drug-likeness (QED) is 0.883. The van der Waals surface area contributed by atoms with Gasteiger partial charge in [-0.25, -0.2) is 4.98 Å². The van der Waals surface area contributed by atoms with Gasteiger partial charge in [-0.1, -0.05) is 20.8 Å². The van der Waals surface area contributed by atoms with Gasteiger partial charge in [0.1, 0.15) is 5.82 Å². The van der Waals surface area contributed by atoms with Crippen molar-refractivity contribution < 1.29 is 0 Å². The Labute approximate surface area is 131 Å². The van der Waals surface area contributed by atoms with Crippen LogP contribution in [0.4, 0.5) is 5.82 Å². The molecule has 1 aromatic heterocycles. The van der Waals surface area contributed by atoms with E-state index in [0.717, 1.165) is 42.4 Å². The van der Waals surface area contributed by atoms with E-state index in [-0.39, 0.29) is 0 Å². The number of hydrogen-bond donors (Lipinski definition) is 1. The summed E-state index contributed by atoms with van der Waals surface area (Å²) >= 11 is 3.54. The summed E-state index contributed by atoms with van der Waals surface area (Å²) in [5.74, 6) is 2.61. The highest BCUT2D eigenvalue weighted by Gasteiger charge is 2.20. The molecule has 4 heteroatoms. The standard InChI is InChI=1S/C16H26BrN3/c1-12(2)8-18-9-14-7-15(17)10-19-16(14)20-6-4-5-13(3)11-20/h7,10,12-13,18H,4-6,8-9,11H2,1-3H3. The molecule has 3 nitrogen and oxygen atoms in total. The van der Waals surface area contributed by atoms with Crippen LogP contribution >= 0.6 is 15.9 Å². The Bertz CT molecular complexity index is 434. The van der Waals surface area contributed by atoms with Crippen LogP contribution in [0.15, 0.2) is 16.7 Å². The van der Waals surface area contributed by atoms with Crippen molar-refractivity contribution in [1.29, 1.82) is 0 Å². The van der Waals surface area contributed by atoms with E-state index in [1.54, 1.807) is 0 Å². The fourth-order valence-electron chi connectivity index (χ4n) is 2.77. The van der Waals surface area contributed by atoms with Gasteiger partial charge in [-0.05, 0) is 53.2 Å². The molecule has 1 aliphatic rings. The van der Waals surface area contributed by atoms with Crippen molar-refractivity contribution in [3.05, 3.63) is 22.3 Å². The normalized spacial score (nSPS) is 19.6. The molecule has 0 radical (unpaired) electrons. The molecule has 1 atom stereocenters. The summed E-state index contributed by atoms with van der Waals surface area (Å²) in [4.78, 5) is 7.12. The minimum Gasteiger partial charge on any atom is -0.356 e. The van der Waals surface area contributed by atoms with E-state index in [1.165, 1.54) is 18.4 Å². The summed E-state index contributed by atoms with van der Waals surface area (Å²) < 4.78 is 1.06. The van der Waals surface area contributed by atoms with Crippen molar-refractivity contribution in [2.75, 3.05) is 24.5 Å². The lowest BCUT2D eigenvalue weighted by atomic mass is 10.00. The molecular weight excluding hydrogens is 314 g/mol. The van der Waals surface area contributed by atoms with Crippen molar-refractivity contribution in [2.24, 2.45) is 11.8 Å². The Morgan fingerprint density at radius 1 is 1.50 bits per heavy atom. The number of aromatic nitrogens is 1. The summed E-state index contributed by atoms with van der Waals surface area (Å²) in [7, 11) is 0. The molecule has 0 aromatic carbocycles. The smallest absolute Gasteiger partial charge is 0.133 e. The second-order valence-electron chi connectivity index (χ2n) is 6.35. The van der Waals surface area contributed by atoms with Crippen LogP contribution in [0.5, 0.6) is 0 Å². The van der Waals surface area contributed by atoms with E-state index in [0.29, 0.717) is 5.92 Å². The van der Waals surface area contributed by atoms with E-state index >= 15 is 0 Å². The third kappa shape index (κ3) is 4.45. The largest absolute Gasteiger partial charge is 0.356 e. The van der Waals surface area contributed by atoms with Gasteiger partial charge in [0, 0.05) is 35.9 Å². The second-order valence-corrected chi connectivity index (χ2v) is 7.27. The molecule has 1 aromatic rings. The molecule has 1 fully saturated rings. The van der Waals surface area contributed by atoms with Gasteiger partial charge in [-0.15, -0.1) is 0 Å². The monoisotopic (exact) mass is 339 g/mol.